The molecule has 9 rings (SSSR count). The number of halogens is 2. The zero-order chi connectivity index (χ0) is 46.4. The summed E-state index contributed by atoms with van der Waals surface area (Å²) in [6, 6.07) is 8.47. The lowest BCUT2D eigenvalue weighted by atomic mass is 9.87. The van der Waals surface area contributed by atoms with Gasteiger partial charge in [0.2, 0.25) is 27.8 Å². The Bertz CT molecular complexity index is 2920. The number of sulfonamides is 1. The summed E-state index contributed by atoms with van der Waals surface area (Å²) >= 11 is 6.29. The van der Waals surface area contributed by atoms with Crippen LogP contribution in [-0.2, 0) is 31.4 Å². The number of carbonyl (C=O) groups excluding carboxylic acids is 2. The molecule has 20 heteroatoms. The molecule has 2 aliphatic heterocycles. The van der Waals surface area contributed by atoms with Gasteiger partial charge >= 0.3 is 5.69 Å². The Hall–Kier alpha value is -5.21. The number of nitrogens with one attached hydrogen (secondary N) is 3. The maximum absolute atomic E-state index is 16.1. The number of amides is 2. The third kappa shape index (κ3) is 9.24. The number of imide groups is 1. The molecule has 2 aromatic carbocycles. The van der Waals surface area contributed by atoms with Crippen molar-refractivity contribution in [3.8, 4) is 0 Å². The molecule has 0 spiro atoms. The molecule has 2 unspecified atom stereocenters. The van der Waals surface area contributed by atoms with E-state index in [1.807, 2.05) is 11.8 Å². The van der Waals surface area contributed by atoms with Crippen molar-refractivity contribution in [2.24, 2.45) is 13.0 Å². The lowest BCUT2D eigenvalue weighted by Crippen LogP contribution is -2.48. The number of nitrogens with zero attached hydrogens (tertiary/aromatic N) is 7. The van der Waals surface area contributed by atoms with Crippen molar-refractivity contribution in [1.29, 1.82) is 0 Å². The molecule has 0 radical (unpaired) electrons. The second kappa shape index (κ2) is 18.8. The first-order valence-corrected chi connectivity index (χ1v) is 24.8. The molecule has 3 N–H and O–H groups in total. The SMILES string of the molecule is Cc1cc(S(=O)(=O)NC(C)COC2CCC(CN3CCN(c4ccc5c(c4F)n(C)c(=O)n5C4CCC(=O)NC4=O)CC3)CC2)ccc1Nc1ncc2cc(Cl)c(=O)n(C3CCCC3)c2n1. The second-order valence-corrected chi connectivity index (χ2v) is 20.5. The summed E-state index contributed by atoms with van der Waals surface area (Å²) in [6.45, 7) is 7.55. The normalized spacial score (nSPS) is 21.8. The fraction of sp³-hybridized carbons (Fsp3) is 0.522. The average Bonchev–Trinajstić information content (AvgIpc) is 3.91. The number of anilines is 3. The van der Waals surface area contributed by atoms with Gasteiger partial charge in [-0.2, -0.15) is 4.98 Å². The van der Waals surface area contributed by atoms with Crippen LogP contribution in [0.1, 0.15) is 88.8 Å². The Morgan fingerprint density at radius 3 is 2.41 bits per heavy atom. The van der Waals surface area contributed by atoms with Crippen molar-refractivity contribution in [2.75, 3.05) is 49.5 Å². The molecular weight excluding hydrogens is 891 g/mol. The molecule has 4 fully saturated rings. The minimum atomic E-state index is -3.85. The van der Waals surface area contributed by atoms with Crippen molar-refractivity contribution in [1.82, 2.24) is 38.6 Å². The molecule has 2 atom stereocenters. The summed E-state index contributed by atoms with van der Waals surface area (Å²) in [5, 5.41) is 6.29. The number of fused-ring (bicyclic) bond motifs is 2. The highest BCUT2D eigenvalue weighted by molar-refractivity contribution is 7.89. The minimum Gasteiger partial charge on any atom is -0.377 e. The summed E-state index contributed by atoms with van der Waals surface area (Å²) in [7, 11) is -2.35. The topological polar surface area (TPSA) is 195 Å². The number of aryl methyl sites for hydroxylation is 2. The van der Waals surface area contributed by atoms with Crippen LogP contribution in [-0.4, -0.2) is 100 Å². The zero-order valence-electron chi connectivity index (χ0n) is 37.4. The number of piperidine rings is 1. The van der Waals surface area contributed by atoms with E-state index in [0.29, 0.717) is 52.5 Å². The van der Waals surface area contributed by atoms with E-state index in [9.17, 15) is 27.6 Å². The van der Waals surface area contributed by atoms with Crippen LogP contribution < -0.4 is 31.5 Å². The second-order valence-electron chi connectivity index (χ2n) is 18.4. The van der Waals surface area contributed by atoms with Crippen LogP contribution in [0.5, 0.6) is 0 Å². The summed E-state index contributed by atoms with van der Waals surface area (Å²) in [6.07, 6.45) is 9.56. The maximum Gasteiger partial charge on any atom is 0.329 e. The summed E-state index contributed by atoms with van der Waals surface area (Å²) < 4.78 is 56.3. The van der Waals surface area contributed by atoms with Crippen LogP contribution >= 0.6 is 11.6 Å². The van der Waals surface area contributed by atoms with Gasteiger partial charge in [-0.3, -0.25) is 38.3 Å². The van der Waals surface area contributed by atoms with Crippen molar-refractivity contribution in [2.45, 2.75) is 107 Å². The van der Waals surface area contributed by atoms with Gasteiger partial charge in [0.1, 0.15) is 22.2 Å². The highest BCUT2D eigenvalue weighted by atomic mass is 35.5. The molecule has 17 nitrogen and oxygen atoms in total. The quantitative estimate of drug-likeness (QED) is 0.127. The number of benzene rings is 2. The van der Waals surface area contributed by atoms with Gasteiger partial charge in [-0.05, 0) is 107 Å². The van der Waals surface area contributed by atoms with Crippen LogP contribution in [0.25, 0.3) is 22.1 Å². The number of imidazole rings is 1. The van der Waals surface area contributed by atoms with Gasteiger partial charge < -0.3 is 15.0 Å². The van der Waals surface area contributed by atoms with Gasteiger partial charge in [0, 0.05) is 75.5 Å². The summed E-state index contributed by atoms with van der Waals surface area (Å²) in [4.78, 5) is 64.3. The molecular formula is C46H56ClFN10O7S. The Kier molecular flexibility index (Phi) is 13.1. The number of pyridine rings is 1. The molecule has 2 saturated heterocycles. The minimum absolute atomic E-state index is 0.0268. The zero-order valence-corrected chi connectivity index (χ0v) is 39.0. The fourth-order valence-electron chi connectivity index (χ4n) is 10.3. The van der Waals surface area contributed by atoms with Gasteiger partial charge in [0.25, 0.3) is 5.56 Å². The molecule has 5 aromatic rings. The van der Waals surface area contributed by atoms with Crippen molar-refractivity contribution in [3.63, 3.8) is 0 Å². The number of ether oxygens (including phenoxy) is 1. The molecule has 2 amide bonds. The van der Waals surface area contributed by atoms with Crippen LogP contribution in [0.4, 0.5) is 21.7 Å². The lowest BCUT2D eigenvalue weighted by molar-refractivity contribution is -0.135. The third-order valence-electron chi connectivity index (χ3n) is 13.8. The molecule has 2 saturated carbocycles. The monoisotopic (exact) mass is 946 g/mol. The van der Waals surface area contributed by atoms with Gasteiger partial charge in [-0.1, -0.05) is 24.4 Å². The number of aromatic nitrogens is 5. The van der Waals surface area contributed by atoms with Crippen LogP contribution in [0.3, 0.4) is 0 Å². The summed E-state index contributed by atoms with van der Waals surface area (Å²) in [5.41, 5.74) is 1.94. The third-order valence-corrected chi connectivity index (χ3v) is 15.7. The first-order chi connectivity index (χ1) is 31.6. The van der Waals surface area contributed by atoms with Gasteiger partial charge in [-0.25, -0.2) is 27.3 Å². The van der Waals surface area contributed by atoms with E-state index in [0.717, 1.165) is 71.0 Å². The maximum atomic E-state index is 16.1. The standard InChI is InChI=1S/C46H56ClFN10O7S/c1-27-22-33(12-13-35(27)50-45-49-24-30-23-34(47)44(61)57(42(30)52-45)31-6-4-5-7-31)66(63,64)53-28(2)26-65-32-10-8-29(9-11-32)25-55-18-20-56(21-19-55)36-14-15-37-41(40(36)48)54(3)46(62)58(37)38-16-17-39(59)51-43(38)60/h12-15,22-24,28-29,31-32,38,53H,4-11,16-21,25-26H2,1-3H3,(H,49,50,52)(H,51,59,60). The summed E-state index contributed by atoms with van der Waals surface area (Å²) in [5.74, 6) is -0.659. The highest BCUT2D eigenvalue weighted by Crippen LogP contribution is 2.34. The number of carbonyl (C=O) groups is 2. The van der Waals surface area contributed by atoms with E-state index < -0.39 is 39.5 Å². The van der Waals surface area contributed by atoms with Crippen molar-refractivity contribution < 1.29 is 27.1 Å². The van der Waals surface area contributed by atoms with Crippen LogP contribution in [0, 0.1) is 18.7 Å². The number of piperazine rings is 1. The molecule has 5 heterocycles. The predicted molar refractivity (Wildman–Crippen MR) is 249 cm³/mol. The Balaban J connectivity index is 0.731. The molecule has 2 aliphatic carbocycles. The number of hydrogen-bond donors (Lipinski definition) is 3. The van der Waals surface area contributed by atoms with E-state index in [-0.39, 0.29) is 64.4 Å². The van der Waals surface area contributed by atoms with Gasteiger partial charge in [-0.15, -0.1) is 0 Å². The number of hydrogen-bond acceptors (Lipinski definition) is 12. The first-order valence-electron chi connectivity index (χ1n) is 22.9. The molecule has 3 aromatic heterocycles. The van der Waals surface area contributed by atoms with Crippen molar-refractivity contribution in [3.05, 3.63) is 79.8 Å². The van der Waals surface area contributed by atoms with Crippen LogP contribution in [0.15, 0.2) is 57.1 Å². The Morgan fingerprint density at radius 1 is 0.955 bits per heavy atom. The largest absolute Gasteiger partial charge is 0.377 e. The number of rotatable bonds is 13. The predicted octanol–water partition coefficient (Wildman–Crippen LogP) is 5.45. The highest BCUT2D eigenvalue weighted by Gasteiger charge is 2.34. The van der Waals surface area contributed by atoms with E-state index in [1.165, 1.54) is 22.2 Å². The van der Waals surface area contributed by atoms with E-state index in [4.69, 9.17) is 21.3 Å². The average molecular weight is 948 g/mol. The first kappa shape index (κ1) is 45.9. The van der Waals surface area contributed by atoms with Gasteiger partial charge in [0.05, 0.1) is 28.8 Å². The lowest BCUT2D eigenvalue weighted by Gasteiger charge is -2.39. The Labute approximate surface area is 386 Å². The molecule has 4 aliphatic rings. The fourth-order valence-corrected chi connectivity index (χ4v) is 11.8. The van der Waals surface area contributed by atoms with E-state index in [1.54, 1.807) is 48.0 Å². The molecule has 66 heavy (non-hydrogen) atoms. The Morgan fingerprint density at radius 2 is 1.70 bits per heavy atom. The molecule has 352 valence electrons. The van der Waals surface area contributed by atoms with Crippen molar-refractivity contribution >= 4 is 72.8 Å². The molecule has 0 bridgehead atoms. The van der Waals surface area contributed by atoms with E-state index >= 15 is 4.39 Å². The van der Waals surface area contributed by atoms with Gasteiger partial charge in [0.15, 0.2) is 5.82 Å². The van der Waals surface area contributed by atoms with Crippen LogP contribution in [0.2, 0.25) is 5.02 Å². The smallest absolute Gasteiger partial charge is 0.329 e. The van der Waals surface area contributed by atoms with E-state index in [2.05, 4.69) is 25.2 Å².